The maximum absolute atomic E-state index is 3.64. The average Bonchev–Trinajstić information content (AvgIpc) is 2.63. The van der Waals surface area contributed by atoms with E-state index in [0.717, 1.165) is 0 Å². The molecule has 1 atom stereocenters. The van der Waals surface area contributed by atoms with E-state index in [0.29, 0.717) is 5.92 Å². The minimum absolute atomic E-state index is 0.187. The molecule has 1 unspecified atom stereocenters. The van der Waals surface area contributed by atoms with E-state index in [9.17, 15) is 0 Å². The zero-order chi connectivity index (χ0) is 11.1. The van der Waals surface area contributed by atoms with E-state index in [1.807, 2.05) is 0 Å². The molecule has 0 amide bonds. The van der Waals surface area contributed by atoms with Gasteiger partial charge in [0.1, 0.15) is 0 Å². The summed E-state index contributed by atoms with van der Waals surface area (Å²) in [4.78, 5) is 0. The first-order valence-corrected chi connectivity index (χ1v) is 6.32. The first kappa shape index (κ1) is 11.2. The summed E-state index contributed by atoms with van der Waals surface area (Å²) >= 11 is 3.64. The fourth-order valence-electron chi connectivity index (χ4n) is 2.53. The molecule has 1 aliphatic carbocycles. The second kappa shape index (κ2) is 3.91. The van der Waals surface area contributed by atoms with Gasteiger partial charge in [0.15, 0.2) is 0 Å². The van der Waals surface area contributed by atoms with Gasteiger partial charge in [-0.05, 0) is 50.9 Å². The van der Waals surface area contributed by atoms with Crippen LogP contribution in [0.1, 0.15) is 37.3 Å². The lowest BCUT2D eigenvalue weighted by Gasteiger charge is -2.32. The zero-order valence-electron chi connectivity index (χ0n) is 9.60. The molecule has 0 bridgehead atoms. The summed E-state index contributed by atoms with van der Waals surface area (Å²) in [5.41, 5.74) is 3.21. The third-order valence-corrected chi connectivity index (χ3v) is 4.47. The van der Waals surface area contributed by atoms with Crippen molar-refractivity contribution >= 4 is 15.9 Å². The van der Waals surface area contributed by atoms with Gasteiger partial charge in [-0.25, -0.2) is 0 Å². The Morgan fingerprint density at radius 2 is 2.13 bits per heavy atom. The SMILES string of the molecule is CNC(C)(C)C1CCc2c(Br)cccc21. The first-order chi connectivity index (χ1) is 7.06. The highest BCUT2D eigenvalue weighted by atomic mass is 79.9. The Hall–Kier alpha value is -0.340. The molecule has 82 valence electrons. The molecule has 1 N–H and O–H groups in total. The van der Waals surface area contributed by atoms with Crippen LogP contribution in [0.15, 0.2) is 22.7 Å². The van der Waals surface area contributed by atoms with Crippen molar-refractivity contribution in [2.75, 3.05) is 7.05 Å². The number of halogens is 1. The third-order valence-electron chi connectivity index (χ3n) is 3.73. The second-order valence-electron chi connectivity index (χ2n) is 4.87. The van der Waals surface area contributed by atoms with Crippen LogP contribution in [0.4, 0.5) is 0 Å². The van der Waals surface area contributed by atoms with Crippen molar-refractivity contribution in [3.63, 3.8) is 0 Å². The summed E-state index contributed by atoms with van der Waals surface area (Å²) in [5.74, 6) is 0.634. The van der Waals surface area contributed by atoms with Crippen molar-refractivity contribution in [2.45, 2.75) is 38.1 Å². The standard InChI is InChI=1S/C13H18BrN/c1-13(2,15-3)11-8-7-10-9(11)5-4-6-12(10)14/h4-6,11,15H,7-8H2,1-3H3. The summed E-state index contributed by atoms with van der Waals surface area (Å²) in [6, 6.07) is 6.57. The normalized spacial score (nSPS) is 20.4. The largest absolute Gasteiger partial charge is 0.314 e. The van der Waals surface area contributed by atoms with Crippen LogP contribution < -0.4 is 5.32 Å². The van der Waals surface area contributed by atoms with E-state index in [-0.39, 0.29) is 5.54 Å². The summed E-state index contributed by atoms with van der Waals surface area (Å²) in [6.45, 7) is 4.57. The number of fused-ring (bicyclic) bond motifs is 1. The monoisotopic (exact) mass is 267 g/mol. The molecule has 0 radical (unpaired) electrons. The summed E-state index contributed by atoms with van der Waals surface area (Å²) in [7, 11) is 2.05. The minimum Gasteiger partial charge on any atom is -0.314 e. The van der Waals surface area contributed by atoms with Crippen LogP contribution in [-0.2, 0) is 6.42 Å². The lowest BCUT2D eigenvalue weighted by molar-refractivity contribution is 0.341. The molecule has 1 aromatic carbocycles. The van der Waals surface area contributed by atoms with Crippen LogP contribution in [0.25, 0.3) is 0 Å². The number of rotatable bonds is 2. The smallest absolute Gasteiger partial charge is 0.0210 e. The number of benzene rings is 1. The molecule has 1 aliphatic rings. The van der Waals surface area contributed by atoms with Crippen molar-refractivity contribution in [1.82, 2.24) is 5.32 Å². The maximum Gasteiger partial charge on any atom is 0.0210 e. The van der Waals surface area contributed by atoms with Crippen LogP contribution in [0, 0.1) is 0 Å². The highest BCUT2D eigenvalue weighted by molar-refractivity contribution is 9.10. The fraction of sp³-hybridized carbons (Fsp3) is 0.538. The quantitative estimate of drug-likeness (QED) is 0.866. The van der Waals surface area contributed by atoms with Gasteiger partial charge in [0.25, 0.3) is 0 Å². The Labute approximate surface area is 100 Å². The van der Waals surface area contributed by atoms with Gasteiger partial charge >= 0.3 is 0 Å². The Morgan fingerprint density at radius 1 is 1.40 bits per heavy atom. The van der Waals surface area contributed by atoms with E-state index in [4.69, 9.17) is 0 Å². The van der Waals surface area contributed by atoms with Gasteiger partial charge in [0.05, 0.1) is 0 Å². The minimum atomic E-state index is 0.187. The molecule has 2 rings (SSSR count). The van der Waals surface area contributed by atoms with Gasteiger partial charge < -0.3 is 5.32 Å². The Morgan fingerprint density at radius 3 is 2.80 bits per heavy atom. The van der Waals surface area contributed by atoms with Crippen molar-refractivity contribution in [3.05, 3.63) is 33.8 Å². The third kappa shape index (κ3) is 1.85. The molecular weight excluding hydrogens is 250 g/mol. The van der Waals surface area contributed by atoms with Crippen molar-refractivity contribution in [1.29, 1.82) is 0 Å². The van der Waals surface area contributed by atoms with Crippen LogP contribution in [0.5, 0.6) is 0 Å². The predicted octanol–water partition coefficient (Wildman–Crippen LogP) is 3.48. The van der Waals surface area contributed by atoms with E-state index in [2.05, 4.69) is 60.3 Å². The molecule has 0 saturated carbocycles. The molecule has 1 nitrogen and oxygen atoms in total. The van der Waals surface area contributed by atoms with Crippen molar-refractivity contribution < 1.29 is 0 Å². The van der Waals surface area contributed by atoms with Crippen LogP contribution in [0.2, 0.25) is 0 Å². The zero-order valence-corrected chi connectivity index (χ0v) is 11.2. The predicted molar refractivity (Wildman–Crippen MR) is 68.3 cm³/mol. The van der Waals surface area contributed by atoms with Crippen LogP contribution >= 0.6 is 15.9 Å². The molecule has 0 spiro atoms. The summed E-state index contributed by atoms with van der Waals surface area (Å²) in [6.07, 6.45) is 2.46. The topological polar surface area (TPSA) is 12.0 Å². The van der Waals surface area contributed by atoms with Gasteiger partial charge in [-0.3, -0.25) is 0 Å². The van der Waals surface area contributed by atoms with Gasteiger partial charge in [0.2, 0.25) is 0 Å². The Balaban J connectivity index is 2.41. The van der Waals surface area contributed by atoms with E-state index >= 15 is 0 Å². The highest BCUT2D eigenvalue weighted by Crippen LogP contribution is 2.42. The fourth-order valence-corrected chi connectivity index (χ4v) is 3.11. The molecule has 0 heterocycles. The Kier molecular flexibility index (Phi) is 2.91. The first-order valence-electron chi connectivity index (χ1n) is 5.52. The van der Waals surface area contributed by atoms with Crippen molar-refractivity contribution in [2.24, 2.45) is 0 Å². The number of hydrogen-bond acceptors (Lipinski definition) is 1. The molecule has 0 aromatic heterocycles. The second-order valence-corrected chi connectivity index (χ2v) is 5.72. The van der Waals surface area contributed by atoms with Gasteiger partial charge in [0, 0.05) is 15.9 Å². The van der Waals surface area contributed by atoms with Crippen LogP contribution in [0.3, 0.4) is 0 Å². The lowest BCUT2D eigenvalue weighted by Crippen LogP contribution is -2.41. The molecule has 0 aliphatic heterocycles. The molecule has 1 aromatic rings. The number of hydrogen-bond donors (Lipinski definition) is 1. The molecular formula is C13H18BrN. The maximum atomic E-state index is 3.64. The molecule has 0 fully saturated rings. The summed E-state index contributed by atoms with van der Waals surface area (Å²) in [5, 5.41) is 3.43. The average molecular weight is 268 g/mol. The van der Waals surface area contributed by atoms with Crippen LogP contribution in [-0.4, -0.2) is 12.6 Å². The number of likely N-dealkylation sites (N-methyl/N-ethyl adjacent to an activating group) is 1. The van der Waals surface area contributed by atoms with Gasteiger partial charge in [-0.15, -0.1) is 0 Å². The summed E-state index contributed by atoms with van der Waals surface area (Å²) < 4.78 is 1.27. The van der Waals surface area contributed by atoms with Gasteiger partial charge in [-0.1, -0.05) is 28.1 Å². The highest BCUT2D eigenvalue weighted by Gasteiger charge is 2.34. The number of nitrogens with one attached hydrogen (secondary N) is 1. The molecule has 0 saturated heterocycles. The van der Waals surface area contributed by atoms with E-state index < -0.39 is 0 Å². The Bertz CT molecular complexity index is 371. The molecule has 15 heavy (non-hydrogen) atoms. The van der Waals surface area contributed by atoms with E-state index in [1.165, 1.54) is 28.4 Å². The lowest BCUT2D eigenvalue weighted by atomic mass is 9.83. The van der Waals surface area contributed by atoms with Crippen molar-refractivity contribution in [3.8, 4) is 0 Å². The molecule has 2 heteroatoms. The van der Waals surface area contributed by atoms with E-state index in [1.54, 1.807) is 0 Å². The van der Waals surface area contributed by atoms with Gasteiger partial charge in [-0.2, -0.15) is 0 Å².